The van der Waals surface area contributed by atoms with Crippen LogP contribution in [0.1, 0.15) is 17.3 Å². The number of ketones is 1. The summed E-state index contributed by atoms with van der Waals surface area (Å²) in [6.07, 6.45) is 0. The average Bonchev–Trinajstić information content (AvgIpc) is 2.14. The van der Waals surface area contributed by atoms with Crippen molar-refractivity contribution in [3.63, 3.8) is 0 Å². The molecular formula is C9H6F3NO4. The molecule has 1 aromatic rings. The summed E-state index contributed by atoms with van der Waals surface area (Å²) in [6.45, 7) is -2.26. The van der Waals surface area contributed by atoms with Gasteiger partial charge < -0.3 is 4.74 Å². The molecule has 0 bridgehead atoms. The van der Waals surface area contributed by atoms with E-state index in [1.54, 1.807) is 0 Å². The van der Waals surface area contributed by atoms with Crippen LogP contribution in [-0.4, -0.2) is 17.3 Å². The van der Waals surface area contributed by atoms with E-state index in [0.717, 1.165) is 6.92 Å². The van der Waals surface area contributed by atoms with Crippen LogP contribution >= 0.6 is 0 Å². The number of alkyl halides is 2. The van der Waals surface area contributed by atoms with Crippen LogP contribution in [0.3, 0.4) is 0 Å². The largest absolute Gasteiger partial charge is 0.435 e. The number of nitro benzene ring substituents is 1. The Labute approximate surface area is 93.0 Å². The molecule has 0 heterocycles. The van der Waals surface area contributed by atoms with Crippen molar-refractivity contribution >= 4 is 11.5 Å². The van der Waals surface area contributed by atoms with E-state index in [-0.39, 0.29) is 0 Å². The molecule has 0 saturated heterocycles. The lowest BCUT2D eigenvalue weighted by molar-refractivity contribution is -0.387. The maximum absolute atomic E-state index is 13.3. The highest BCUT2D eigenvalue weighted by molar-refractivity contribution is 5.98. The fourth-order valence-electron chi connectivity index (χ4n) is 1.20. The number of ether oxygens (including phenoxy) is 1. The van der Waals surface area contributed by atoms with Gasteiger partial charge in [-0.15, -0.1) is 0 Å². The Morgan fingerprint density at radius 1 is 1.47 bits per heavy atom. The molecule has 0 atom stereocenters. The van der Waals surface area contributed by atoms with Gasteiger partial charge in [-0.2, -0.15) is 13.2 Å². The van der Waals surface area contributed by atoms with Gasteiger partial charge in [0.1, 0.15) is 11.3 Å². The van der Waals surface area contributed by atoms with E-state index in [0.29, 0.717) is 12.1 Å². The minimum atomic E-state index is -3.21. The number of nitrogens with zero attached hydrogens (tertiary/aromatic N) is 1. The van der Waals surface area contributed by atoms with Crippen LogP contribution in [0.15, 0.2) is 12.1 Å². The molecule has 0 aromatic heterocycles. The summed E-state index contributed by atoms with van der Waals surface area (Å²) in [6, 6.07) is 1.13. The number of hydrogen-bond acceptors (Lipinski definition) is 4. The van der Waals surface area contributed by atoms with E-state index in [1.807, 2.05) is 0 Å². The number of hydrogen-bond donors (Lipinski definition) is 0. The van der Waals surface area contributed by atoms with Crippen molar-refractivity contribution in [3.8, 4) is 5.75 Å². The highest BCUT2D eigenvalue weighted by atomic mass is 19.3. The van der Waals surface area contributed by atoms with Gasteiger partial charge in [-0.3, -0.25) is 14.9 Å². The van der Waals surface area contributed by atoms with E-state index >= 15 is 0 Å². The number of rotatable bonds is 4. The summed E-state index contributed by atoms with van der Waals surface area (Å²) >= 11 is 0. The predicted octanol–water partition coefficient (Wildman–Crippen LogP) is 2.54. The van der Waals surface area contributed by atoms with Gasteiger partial charge in [-0.25, -0.2) is 0 Å². The molecule has 0 spiro atoms. The molecule has 92 valence electrons. The molecule has 0 aliphatic heterocycles. The first-order valence-electron chi connectivity index (χ1n) is 4.26. The lowest BCUT2D eigenvalue weighted by Gasteiger charge is -2.06. The second-order valence-corrected chi connectivity index (χ2v) is 2.99. The van der Waals surface area contributed by atoms with Gasteiger partial charge >= 0.3 is 12.3 Å². The molecule has 8 heteroatoms. The summed E-state index contributed by atoms with van der Waals surface area (Å²) in [4.78, 5) is 20.5. The van der Waals surface area contributed by atoms with Crippen LogP contribution in [0.2, 0.25) is 0 Å². The fourth-order valence-corrected chi connectivity index (χ4v) is 1.20. The lowest BCUT2D eigenvalue weighted by atomic mass is 10.1. The number of carbonyl (C=O) groups is 1. The zero-order chi connectivity index (χ0) is 13.2. The smallest absolute Gasteiger partial charge is 0.387 e. The highest BCUT2D eigenvalue weighted by Gasteiger charge is 2.25. The summed E-state index contributed by atoms with van der Waals surface area (Å²) in [5.41, 5.74) is -1.68. The number of nitro groups is 1. The SMILES string of the molecule is CC(=O)c1cc(OC(F)F)cc(F)c1[N+](=O)[O-]. The van der Waals surface area contributed by atoms with Gasteiger partial charge in [0.05, 0.1) is 4.92 Å². The molecule has 1 rings (SSSR count). The van der Waals surface area contributed by atoms with Gasteiger partial charge in [0.15, 0.2) is 5.78 Å². The third kappa shape index (κ3) is 2.92. The minimum Gasteiger partial charge on any atom is -0.435 e. The Morgan fingerprint density at radius 3 is 2.47 bits per heavy atom. The summed E-state index contributed by atoms with van der Waals surface area (Å²) < 4.78 is 40.9. The third-order valence-electron chi connectivity index (χ3n) is 1.82. The Bertz CT molecular complexity index is 476. The van der Waals surface area contributed by atoms with E-state index in [4.69, 9.17) is 0 Å². The number of benzene rings is 1. The maximum atomic E-state index is 13.3. The third-order valence-corrected chi connectivity index (χ3v) is 1.82. The first kappa shape index (κ1) is 12.9. The van der Waals surface area contributed by atoms with Crippen LogP contribution < -0.4 is 4.74 Å². The molecule has 0 unspecified atom stereocenters. The van der Waals surface area contributed by atoms with Crippen LogP contribution in [0, 0.1) is 15.9 Å². The number of halogens is 3. The fraction of sp³-hybridized carbons (Fsp3) is 0.222. The van der Waals surface area contributed by atoms with E-state index in [9.17, 15) is 28.1 Å². The summed E-state index contributed by atoms with van der Waals surface area (Å²) in [5, 5.41) is 10.5. The van der Waals surface area contributed by atoms with Crippen molar-refractivity contribution in [1.82, 2.24) is 0 Å². The van der Waals surface area contributed by atoms with Gasteiger partial charge in [0.25, 0.3) is 0 Å². The summed E-state index contributed by atoms with van der Waals surface area (Å²) in [5.74, 6) is -2.87. The molecule has 0 aliphatic rings. The lowest BCUT2D eigenvalue weighted by Crippen LogP contribution is -2.07. The molecule has 0 radical (unpaired) electrons. The monoisotopic (exact) mass is 249 g/mol. The summed E-state index contributed by atoms with van der Waals surface area (Å²) in [7, 11) is 0. The molecule has 0 aliphatic carbocycles. The first-order chi connectivity index (χ1) is 7.82. The van der Waals surface area contributed by atoms with Crippen molar-refractivity contribution in [3.05, 3.63) is 33.6 Å². The molecular weight excluding hydrogens is 243 g/mol. The Kier molecular flexibility index (Phi) is 3.66. The predicted molar refractivity (Wildman–Crippen MR) is 49.7 cm³/mol. The van der Waals surface area contributed by atoms with Gasteiger partial charge in [0.2, 0.25) is 5.82 Å². The quantitative estimate of drug-likeness (QED) is 0.467. The molecule has 17 heavy (non-hydrogen) atoms. The van der Waals surface area contributed by atoms with Gasteiger partial charge in [-0.05, 0) is 13.0 Å². The van der Waals surface area contributed by atoms with Crippen LogP contribution in [0.25, 0.3) is 0 Å². The zero-order valence-corrected chi connectivity index (χ0v) is 8.45. The van der Waals surface area contributed by atoms with Crippen LogP contribution in [0.4, 0.5) is 18.9 Å². The van der Waals surface area contributed by atoms with Crippen molar-refractivity contribution < 1.29 is 27.6 Å². The van der Waals surface area contributed by atoms with E-state index in [2.05, 4.69) is 4.74 Å². The zero-order valence-electron chi connectivity index (χ0n) is 8.45. The van der Waals surface area contributed by atoms with Crippen molar-refractivity contribution in [1.29, 1.82) is 0 Å². The van der Waals surface area contributed by atoms with Crippen molar-refractivity contribution in [2.75, 3.05) is 0 Å². The maximum Gasteiger partial charge on any atom is 0.387 e. The molecule has 1 aromatic carbocycles. The highest BCUT2D eigenvalue weighted by Crippen LogP contribution is 2.29. The van der Waals surface area contributed by atoms with Gasteiger partial charge in [0, 0.05) is 6.07 Å². The average molecular weight is 249 g/mol. The standard InChI is InChI=1S/C9H6F3NO4/c1-4(14)6-2-5(17-9(11)12)3-7(10)8(6)13(15)16/h2-3,9H,1H3. The molecule has 0 amide bonds. The van der Waals surface area contributed by atoms with Crippen LogP contribution in [0.5, 0.6) is 5.75 Å². The molecule has 0 fully saturated rings. The van der Waals surface area contributed by atoms with Gasteiger partial charge in [-0.1, -0.05) is 0 Å². The second-order valence-electron chi connectivity index (χ2n) is 2.99. The molecule has 0 N–H and O–H groups in total. The van der Waals surface area contributed by atoms with E-state index < -0.39 is 40.1 Å². The van der Waals surface area contributed by atoms with Crippen molar-refractivity contribution in [2.45, 2.75) is 13.5 Å². The molecule has 5 nitrogen and oxygen atoms in total. The Balaban J connectivity index is 3.36. The first-order valence-corrected chi connectivity index (χ1v) is 4.26. The number of Topliss-reactive ketones (excluding diaryl/α,β-unsaturated/α-hetero) is 1. The Hall–Kier alpha value is -2.12. The van der Waals surface area contributed by atoms with E-state index in [1.165, 1.54) is 0 Å². The second kappa shape index (κ2) is 4.81. The minimum absolute atomic E-state index is 0.427. The topological polar surface area (TPSA) is 69.4 Å². The normalized spacial score (nSPS) is 10.4. The number of carbonyl (C=O) groups excluding carboxylic acids is 1. The van der Waals surface area contributed by atoms with Crippen molar-refractivity contribution in [2.24, 2.45) is 0 Å². The van der Waals surface area contributed by atoms with Crippen LogP contribution in [-0.2, 0) is 0 Å². The Morgan fingerprint density at radius 2 is 2.06 bits per heavy atom. The molecule has 0 saturated carbocycles.